The highest BCUT2D eigenvalue weighted by Gasteiger charge is 2.12. The van der Waals surface area contributed by atoms with Gasteiger partial charge in [-0.05, 0) is 62.1 Å². The maximum atomic E-state index is 12.6. The molecular formula is C24H30N4O3. The van der Waals surface area contributed by atoms with E-state index in [2.05, 4.69) is 29.2 Å². The number of hydrogen-bond donors (Lipinski definition) is 1. The molecule has 0 saturated carbocycles. The van der Waals surface area contributed by atoms with E-state index in [0.717, 1.165) is 29.2 Å². The number of benzene rings is 1. The molecule has 0 bridgehead atoms. The molecule has 1 N–H and O–H groups in total. The lowest BCUT2D eigenvalue weighted by molar-refractivity contribution is 0.0950. The number of aryl methyl sites for hydroxylation is 2. The van der Waals surface area contributed by atoms with Gasteiger partial charge in [0.15, 0.2) is 17.3 Å². The minimum atomic E-state index is -0.186. The minimum Gasteiger partial charge on any atom is -0.493 e. The van der Waals surface area contributed by atoms with Gasteiger partial charge in [0, 0.05) is 24.0 Å². The number of nitrogens with zero attached hydrogens (tertiary/aromatic N) is 3. The van der Waals surface area contributed by atoms with Crippen LogP contribution >= 0.6 is 0 Å². The summed E-state index contributed by atoms with van der Waals surface area (Å²) in [4.78, 5) is 17.1. The molecule has 3 rings (SSSR count). The first kappa shape index (κ1) is 22.3. The van der Waals surface area contributed by atoms with Crippen LogP contribution in [-0.2, 0) is 6.54 Å². The molecule has 7 heteroatoms. The first-order valence-corrected chi connectivity index (χ1v) is 10.4. The Labute approximate surface area is 183 Å². The highest BCUT2D eigenvalue weighted by molar-refractivity contribution is 5.94. The summed E-state index contributed by atoms with van der Waals surface area (Å²) in [7, 11) is 1.57. The van der Waals surface area contributed by atoms with E-state index in [1.165, 1.54) is 0 Å². The third-order valence-corrected chi connectivity index (χ3v) is 4.87. The molecule has 2 aromatic heterocycles. The van der Waals surface area contributed by atoms with Crippen LogP contribution in [0.25, 0.3) is 5.82 Å². The Morgan fingerprint density at radius 2 is 1.94 bits per heavy atom. The average molecular weight is 423 g/mol. The van der Waals surface area contributed by atoms with Crippen LogP contribution in [0.2, 0.25) is 0 Å². The molecule has 164 valence electrons. The zero-order chi connectivity index (χ0) is 22.4. The van der Waals surface area contributed by atoms with Crippen molar-refractivity contribution in [2.45, 2.75) is 40.7 Å². The van der Waals surface area contributed by atoms with Crippen molar-refractivity contribution in [2.24, 2.45) is 5.92 Å². The van der Waals surface area contributed by atoms with Gasteiger partial charge in [-0.15, -0.1) is 0 Å². The summed E-state index contributed by atoms with van der Waals surface area (Å²) in [6.07, 6.45) is 2.70. The monoisotopic (exact) mass is 422 g/mol. The Bertz CT molecular complexity index is 1030. The van der Waals surface area contributed by atoms with Crippen molar-refractivity contribution in [3.8, 4) is 17.3 Å². The second-order valence-electron chi connectivity index (χ2n) is 7.94. The number of aromatic nitrogens is 3. The number of carbonyl (C=O) groups is 1. The van der Waals surface area contributed by atoms with Crippen LogP contribution in [0.1, 0.15) is 47.6 Å². The van der Waals surface area contributed by atoms with Crippen molar-refractivity contribution < 1.29 is 14.3 Å². The summed E-state index contributed by atoms with van der Waals surface area (Å²) < 4.78 is 13.0. The maximum absolute atomic E-state index is 12.6. The first-order valence-electron chi connectivity index (χ1n) is 10.4. The molecule has 0 aliphatic carbocycles. The second kappa shape index (κ2) is 10.1. The lowest BCUT2D eigenvalue weighted by atomic mass is 10.1. The number of methoxy groups -OCH3 is 1. The third-order valence-electron chi connectivity index (χ3n) is 4.87. The van der Waals surface area contributed by atoms with Crippen LogP contribution in [0, 0.1) is 19.8 Å². The highest BCUT2D eigenvalue weighted by Crippen LogP contribution is 2.28. The molecule has 1 amide bonds. The van der Waals surface area contributed by atoms with Crippen molar-refractivity contribution in [1.29, 1.82) is 0 Å². The van der Waals surface area contributed by atoms with E-state index in [9.17, 15) is 4.79 Å². The Hall–Kier alpha value is -3.35. The summed E-state index contributed by atoms with van der Waals surface area (Å²) >= 11 is 0. The molecule has 0 aliphatic rings. The van der Waals surface area contributed by atoms with E-state index >= 15 is 0 Å². The van der Waals surface area contributed by atoms with Gasteiger partial charge in [0.2, 0.25) is 0 Å². The number of nitrogens with one attached hydrogen (secondary N) is 1. The maximum Gasteiger partial charge on any atom is 0.251 e. The van der Waals surface area contributed by atoms with Crippen LogP contribution in [0.15, 0.2) is 42.6 Å². The van der Waals surface area contributed by atoms with E-state index in [1.54, 1.807) is 36.2 Å². The summed E-state index contributed by atoms with van der Waals surface area (Å²) in [5, 5.41) is 7.36. The van der Waals surface area contributed by atoms with E-state index in [-0.39, 0.29) is 5.91 Å². The fourth-order valence-electron chi connectivity index (χ4n) is 3.12. The number of carbonyl (C=O) groups excluding carboxylic acids is 1. The number of amides is 1. The standard InChI is InChI=1S/C24H30N4O3/c1-16(2)10-11-31-21-8-7-20(13-22(21)30-5)24(29)26-15-19-6-9-23(25-14-19)28-18(4)12-17(3)27-28/h6-9,12-14,16H,10-11,15H2,1-5H3,(H,26,29). The molecule has 1 aromatic carbocycles. The van der Waals surface area contributed by atoms with Gasteiger partial charge in [-0.2, -0.15) is 5.10 Å². The molecular weight excluding hydrogens is 392 g/mol. The fourth-order valence-corrected chi connectivity index (χ4v) is 3.12. The van der Waals surface area contributed by atoms with Crippen molar-refractivity contribution in [1.82, 2.24) is 20.1 Å². The molecule has 0 spiro atoms. The van der Waals surface area contributed by atoms with Gasteiger partial charge >= 0.3 is 0 Å². The normalized spacial score (nSPS) is 10.9. The van der Waals surface area contributed by atoms with Crippen LogP contribution in [-0.4, -0.2) is 34.4 Å². The molecule has 0 radical (unpaired) electrons. The van der Waals surface area contributed by atoms with Crippen molar-refractivity contribution in [3.05, 3.63) is 65.1 Å². The topological polar surface area (TPSA) is 78.3 Å². The number of hydrogen-bond acceptors (Lipinski definition) is 5. The minimum absolute atomic E-state index is 0.186. The van der Waals surface area contributed by atoms with Crippen molar-refractivity contribution >= 4 is 5.91 Å². The predicted octanol–water partition coefficient (Wildman–Crippen LogP) is 4.25. The average Bonchev–Trinajstić information content (AvgIpc) is 3.10. The van der Waals surface area contributed by atoms with Crippen LogP contribution in [0.5, 0.6) is 11.5 Å². The molecule has 31 heavy (non-hydrogen) atoms. The summed E-state index contributed by atoms with van der Waals surface area (Å²) in [6, 6.07) is 11.1. The molecule has 7 nitrogen and oxygen atoms in total. The van der Waals surface area contributed by atoms with E-state index in [0.29, 0.717) is 36.1 Å². The first-order chi connectivity index (χ1) is 14.9. The summed E-state index contributed by atoms with van der Waals surface area (Å²) in [5.74, 6) is 2.32. The largest absolute Gasteiger partial charge is 0.493 e. The SMILES string of the molecule is COc1cc(C(=O)NCc2ccc(-n3nc(C)cc3C)nc2)ccc1OCCC(C)C. The lowest BCUT2D eigenvalue weighted by Gasteiger charge is -2.13. The Morgan fingerprint density at radius 3 is 2.55 bits per heavy atom. The smallest absolute Gasteiger partial charge is 0.251 e. The molecule has 0 fully saturated rings. The van der Waals surface area contributed by atoms with Crippen molar-refractivity contribution in [3.63, 3.8) is 0 Å². The van der Waals surface area contributed by atoms with Crippen LogP contribution < -0.4 is 14.8 Å². The number of pyridine rings is 1. The Kier molecular flexibility index (Phi) is 7.28. The third kappa shape index (κ3) is 5.84. The number of ether oxygens (including phenoxy) is 2. The van der Waals surface area contributed by atoms with E-state index < -0.39 is 0 Å². The zero-order valence-electron chi connectivity index (χ0n) is 18.8. The quantitative estimate of drug-likeness (QED) is 0.558. The van der Waals surface area contributed by atoms with Crippen LogP contribution in [0.4, 0.5) is 0 Å². The van der Waals surface area contributed by atoms with Gasteiger partial charge in [0.25, 0.3) is 5.91 Å². The zero-order valence-corrected chi connectivity index (χ0v) is 18.8. The van der Waals surface area contributed by atoms with Gasteiger partial charge in [-0.3, -0.25) is 4.79 Å². The molecule has 2 heterocycles. The summed E-state index contributed by atoms with van der Waals surface area (Å²) in [5.41, 5.74) is 3.39. The van der Waals surface area contributed by atoms with Gasteiger partial charge in [-0.25, -0.2) is 9.67 Å². The Morgan fingerprint density at radius 1 is 1.13 bits per heavy atom. The fraction of sp³-hybridized carbons (Fsp3) is 0.375. The predicted molar refractivity (Wildman–Crippen MR) is 120 cm³/mol. The van der Waals surface area contributed by atoms with Gasteiger partial charge < -0.3 is 14.8 Å². The number of rotatable bonds is 9. The van der Waals surface area contributed by atoms with E-state index in [4.69, 9.17) is 9.47 Å². The molecule has 0 atom stereocenters. The van der Waals surface area contributed by atoms with Gasteiger partial charge in [0.1, 0.15) is 0 Å². The van der Waals surface area contributed by atoms with Gasteiger partial charge in [0.05, 0.1) is 19.4 Å². The Balaban J connectivity index is 1.60. The molecule has 3 aromatic rings. The second-order valence-corrected chi connectivity index (χ2v) is 7.94. The molecule has 0 saturated heterocycles. The highest BCUT2D eigenvalue weighted by atomic mass is 16.5. The van der Waals surface area contributed by atoms with Crippen LogP contribution in [0.3, 0.4) is 0 Å². The van der Waals surface area contributed by atoms with Crippen molar-refractivity contribution in [2.75, 3.05) is 13.7 Å². The summed E-state index contributed by atoms with van der Waals surface area (Å²) in [6.45, 7) is 9.22. The molecule has 0 aliphatic heterocycles. The molecule has 0 unspecified atom stereocenters. The van der Waals surface area contributed by atoms with E-state index in [1.807, 2.05) is 32.0 Å². The van der Waals surface area contributed by atoms with Gasteiger partial charge in [-0.1, -0.05) is 19.9 Å². The lowest BCUT2D eigenvalue weighted by Crippen LogP contribution is -2.23.